The van der Waals surface area contributed by atoms with E-state index in [0.29, 0.717) is 22.1 Å². The topological polar surface area (TPSA) is 102 Å². The first kappa shape index (κ1) is 42.7. The van der Waals surface area contributed by atoms with E-state index in [2.05, 4.69) is 32.6 Å². The van der Waals surface area contributed by atoms with Gasteiger partial charge in [-0.3, -0.25) is 4.79 Å². The molecule has 0 radical (unpaired) electrons. The monoisotopic (exact) mass is 854 g/mol. The maximum atomic E-state index is 12.0. The molecule has 0 bridgehead atoms. The molecular weight excluding hydrogens is 806 g/mol. The molecule has 9 nitrogen and oxygen atoms in total. The molecule has 4 rings (SSSR count). The molecule has 2 aliphatic heterocycles. The van der Waals surface area contributed by atoms with Crippen molar-refractivity contribution in [3.05, 3.63) is 50.5 Å². The van der Waals surface area contributed by atoms with Crippen LogP contribution in [-0.2, 0) is 14.3 Å². The van der Waals surface area contributed by atoms with Crippen molar-refractivity contribution in [2.75, 3.05) is 37.7 Å². The van der Waals surface area contributed by atoms with E-state index in [4.69, 9.17) is 32.7 Å². The largest absolute Gasteiger partial charge is 0.444 e. The zero-order valence-electron chi connectivity index (χ0n) is 29.0. The van der Waals surface area contributed by atoms with Crippen LogP contribution in [0.1, 0.15) is 74.1 Å². The number of nitrogens with zero attached hydrogens (tertiary/aromatic N) is 4. The van der Waals surface area contributed by atoms with Crippen molar-refractivity contribution in [2.45, 2.75) is 90.2 Å². The van der Waals surface area contributed by atoms with Gasteiger partial charge in [-0.05, 0) is 126 Å². The molecule has 2 fully saturated rings. The summed E-state index contributed by atoms with van der Waals surface area (Å²) in [6.07, 6.45) is 6.87. The fourth-order valence-corrected chi connectivity index (χ4v) is 7.15. The van der Waals surface area contributed by atoms with Gasteiger partial charge in [0, 0.05) is 61.9 Å². The lowest BCUT2D eigenvalue weighted by Gasteiger charge is -2.33. The molecule has 0 spiro atoms. The third-order valence-electron chi connectivity index (χ3n) is 6.97. The standard InChI is InChI=1S/C16H23ClN2O2S.C13H23NO3S.C5H3ClIN/c1-16(2,3)21-15(20)19-9-6-12(7-10-19)11-22-13-5-4-8-18-14(13)17;1-10(15)18-9-11-5-7-14(8-6-11)12(16)17-13(2,3)4;6-5-4(7)2-1-3-8-5/h4-5,8,12H,6-7,9-11H2,1-3H3;11H,5-9H2,1-4H3;1-3H. The number of carbonyl (C=O) groups excluding carboxylic acids is 3. The van der Waals surface area contributed by atoms with Gasteiger partial charge in [0.15, 0.2) is 5.12 Å². The normalized spacial score (nSPS) is 15.8. The van der Waals surface area contributed by atoms with Gasteiger partial charge < -0.3 is 19.3 Å². The van der Waals surface area contributed by atoms with Crippen molar-refractivity contribution in [2.24, 2.45) is 11.8 Å². The van der Waals surface area contributed by atoms with Crippen LogP contribution in [0.3, 0.4) is 0 Å². The highest BCUT2D eigenvalue weighted by Gasteiger charge is 2.28. The minimum absolute atomic E-state index is 0.171. The fraction of sp³-hybridized carbons (Fsp3) is 0.618. The zero-order chi connectivity index (χ0) is 35.9. The first-order valence-electron chi connectivity index (χ1n) is 16.0. The Bertz CT molecular complexity index is 1290. The molecule has 0 N–H and O–H groups in total. The molecule has 0 unspecified atom stereocenters. The Labute approximate surface area is 318 Å². The van der Waals surface area contributed by atoms with Crippen molar-refractivity contribution < 1.29 is 23.9 Å². The highest BCUT2D eigenvalue weighted by molar-refractivity contribution is 14.1. The highest BCUT2D eigenvalue weighted by atomic mass is 127. The molecule has 0 aliphatic carbocycles. The van der Waals surface area contributed by atoms with Crippen LogP contribution in [0.2, 0.25) is 10.3 Å². The maximum absolute atomic E-state index is 12.0. The Morgan fingerprint density at radius 3 is 1.60 bits per heavy atom. The molecule has 0 atom stereocenters. The molecule has 14 heteroatoms. The van der Waals surface area contributed by atoms with Gasteiger partial charge in [-0.2, -0.15) is 0 Å². The second-order valence-electron chi connectivity index (χ2n) is 13.5. The first-order chi connectivity index (χ1) is 22.4. The second-order valence-corrected chi connectivity index (χ2v) is 17.6. The molecule has 268 valence electrons. The van der Waals surface area contributed by atoms with E-state index in [1.165, 1.54) is 11.8 Å². The smallest absolute Gasteiger partial charge is 0.410 e. The minimum Gasteiger partial charge on any atom is -0.444 e. The SMILES string of the molecule is CC(=O)SCC1CCN(C(=O)OC(C)(C)C)CC1.CC(C)(C)OC(=O)N1CCC(CSc2cccnc2Cl)CC1.Clc1ncccc1I. The van der Waals surface area contributed by atoms with Crippen molar-refractivity contribution in [3.8, 4) is 0 Å². The molecular formula is C34H49Cl2IN4O5S2. The Kier molecular flexibility index (Phi) is 18.7. The van der Waals surface area contributed by atoms with Crippen molar-refractivity contribution >= 4 is 86.6 Å². The van der Waals surface area contributed by atoms with Crippen LogP contribution in [0.4, 0.5) is 9.59 Å². The minimum atomic E-state index is -0.432. The van der Waals surface area contributed by atoms with E-state index in [-0.39, 0.29) is 17.3 Å². The number of thioether (sulfide) groups is 2. The zero-order valence-corrected chi connectivity index (χ0v) is 34.3. The number of halogens is 3. The summed E-state index contributed by atoms with van der Waals surface area (Å²) in [7, 11) is 0. The average molecular weight is 856 g/mol. The van der Waals surface area contributed by atoms with E-state index in [0.717, 1.165) is 71.8 Å². The Morgan fingerprint density at radius 2 is 1.23 bits per heavy atom. The number of rotatable bonds is 5. The highest BCUT2D eigenvalue weighted by Crippen LogP contribution is 2.30. The summed E-state index contributed by atoms with van der Waals surface area (Å²) >= 11 is 16.9. The van der Waals surface area contributed by atoms with Gasteiger partial charge in [0.2, 0.25) is 0 Å². The van der Waals surface area contributed by atoms with E-state index in [1.807, 2.05) is 70.7 Å². The van der Waals surface area contributed by atoms with Crippen LogP contribution in [0, 0.1) is 15.4 Å². The molecule has 2 aromatic heterocycles. The first-order valence-corrected chi connectivity index (χ1v) is 19.8. The van der Waals surface area contributed by atoms with Gasteiger partial charge in [0.25, 0.3) is 0 Å². The van der Waals surface area contributed by atoms with Gasteiger partial charge in [-0.25, -0.2) is 19.6 Å². The third-order valence-corrected chi connectivity index (χ3v) is 11.2. The number of amides is 2. The predicted molar refractivity (Wildman–Crippen MR) is 206 cm³/mol. The summed E-state index contributed by atoms with van der Waals surface area (Å²) in [6.45, 7) is 15.9. The van der Waals surface area contributed by atoms with Gasteiger partial charge in [-0.1, -0.05) is 35.0 Å². The van der Waals surface area contributed by atoms with E-state index in [9.17, 15) is 14.4 Å². The van der Waals surface area contributed by atoms with Crippen LogP contribution in [0.25, 0.3) is 0 Å². The average Bonchev–Trinajstić information content (AvgIpc) is 3.00. The van der Waals surface area contributed by atoms with Gasteiger partial charge in [-0.15, -0.1) is 11.8 Å². The summed E-state index contributed by atoms with van der Waals surface area (Å²) < 4.78 is 11.7. The van der Waals surface area contributed by atoms with Crippen molar-refractivity contribution in [3.63, 3.8) is 0 Å². The van der Waals surface area contributed by atoms with Crippen LogP contribution < -0.4 is 0 Å². The van der Waals surface area contributed by atoms with E-state index >= 15 is 0 Å². The summed E-state index contributed by atoms with van der Waals surface area (Å²) in [5.41, 5.74) is -0.862. The quantitative estimate of drug-likeness (QED) is 0.165. The number of hydrogen-bond donors (Lipinski definition) is 0. The molecule has 2 saturated heterocycles. The molecule has 2 amide bonds. The molecule has 48 heavy (non-hydrogen) atoms. The summed E-state index contributed by atoms with van der Waals surface area (Å²) in [5.74, 6) is 3.02. The molecule has 0 aromatic carbocycles. The van der Waals surface area contributed by atoms with Crippen LogP contribution in [0.5, 0.6) is 0 Å². The molecule has 4 heterocycles. The number of likely N-dealkylation sites (tertiary alicyclic amines) is 2. The maximum Gasteiger partial charge on any atom is 0.410 e. The van der Waals surface area contributed by atoms with Crippen LogP contribution in [0.15, 0.2) is 41.6 Å². The summed E-state index contributed by atoms with van der Waals surface area (Å²) in [4.78, 5) is 47.3. The van der Waals surface area contributed by atoms with Gasteiger partial charge in [0.1, 0.15) is 21.5 Å². The van der Waals surface area contributed by atoms with E-state index < -0.39 is 11.2 Å². The molecule has 0 saturated carbocycles. The Hall–Kier alpha value is -1.48. The van der Waals surface area contributed by atoms with Crippen molar-refractivity contribution in [1.29, 1.82) is 0 Å². The second kappa shape index (κ2) is 21.0. The number of ether oxygens (including phenoxy) is 2. The lowest BCUT2D eigenvalue weighted by atomic mass is 9.99. The Morgan fingerprint density at radius 1 is 0.792 bits per heavy atom. The lowest BCUT2D eigenvalue weighted by Crippen LogP contribution is -2.42. The number of piperidine rings is 2. The van der Waals surface area contributed by atoms with E-state index in [1.54, 1.807) is 36.0 Å². The summed E-state index contributed by atoms with van der Waals surface area (Å²) in [6, 6.07) is 7.67. The Balaban J connectivity index is 0.000000275. The molecule has 2 aromatic rings. The van der Waals surface area contributed by atoms with Crippen LogP contribution >= 0.6 is 69.3 Å². The van der Waals surface area contributed by atoms with Gasteiger partial charge >= 0.3 is 12.2 Å². The summed E-state index contributed by atoms with van der Waals surface area (Å²) in [5, 5.41) is 1.32. The predicted octanol–water partition coefficient (Wildman–Crippen LogP) is 9.73. The lowest BCUT2D eigenvalue weighted by molar-refractivity contribution is -0.109. The number of aromatic nitrogens is 2. The van der Waals surface area contributed by atoms with Crippen LogP contribution in [-0.4, -0.2) is 86.0 Å². The van der Waals surface area contributed by atoms with Crippen molar-refractivity contribution in [1.82, 2.24) is 19.8 Å². The molecule has 2 aliphatic rings. The fourth-order valence-electron chi connectivity index (χ4n) is 4.51. The number of carbonyl (C=O) groups is 3. The number of pyridine rings is 2. The van der Waals surface area contributed by atoms with Gasteiger partial charge in [0.05, 0.1) is 3.57 Å². The number of hydrogen-bond acceptors (Lipinski definition) is 9. The third kappa shape index (κ3) is 18.0.